The molecule has 3 rings (SSSR count). The third-order valence-corrected chi connectivity index (χ3v) is 3.10. The fraction of sp³-hybridized carbons (Fsp3) is 0.0667. The number of allylic oxidation sites excluding steroid dienone is 1. The van der Waals surface area contributed by atoms with E-state index in [2.05, 4.69) is 22.0 Å². The molecule has 0 amide bonds. The third kappa shape index (κ3) is 1.87. The minimum atomic E-state index is 0.212. The van der Waals surface area contributed by atoms with Gasteiger partial charge in [-0.05, 0) is 17.5 Å². The summed E-state index contributed by atoms with van der Waals surface area (Å²) in [5.41, 5.74) is 4.12. The topological polar surface area (TPSA) is 61.8 Å². The van der Waals surface area contributed by atoms with Crippen molar-refractivity contribution in [2.45, 2.75) is 6.42 Å². The summed E-state index contributed by atoms with van der Waals surface area (Å²) in [4.78, 5) is 0. The number of aromatic hydroxyl groups is 1. The Morgan fingerprint density at radius 2 is 2.00 bits per heavy atom. The number of hydrogen-bond acceptors (Lipinski definition) is 3. The van der Waals surface area contributed by atoms with Gasteiger partial charge in [0.2, 0.25) is 0 Å². The molecule has 0 saturated heterocycles. The van der Waals surface area contributed by atoms with Crippen LogP contribution in [0, 0.1) is 0 Å². The van der Waals surface area contributed by atoms with E-state index in [9.17, 15) is 5.11 Å². The predicted molar refractivity (Wildman–Crippen MR) is 74.9 cm³/mol. The Bertz CT molecular complexity index is 732. The first-order valence-corrected chi connectivity index (χ1v) is 6.03. The predicted octanol–water partition coefficient (Wildman–Crippen LogP) is 3.06. The quantitative estimate of drug-likeness (QED) is 0.703. The van der Waals surface area contributed by atoms with Crippen LogP contribution in [0.5, 0.6) is 5.75 Å². The fourth-order valence-corrected chi connectivity index (χ4v) is 2.31. The highest BCUT2D eigenvalue weighted by Gasteiger charge is 2.16. The maximum Gasteiger partial charge on any atom is 0.126 e. The van der Waals surface area contributed by atoms with Crippen LogP contribution in [-0.2, 0) is 6.42 Å². The number of fused-ring (bicyclic) bond motifs is 1. The zero-order valence-electron chi connectivity index (χ0n) is 10.3. The van der Waals surface area contributed by atoms with Crippen molar-refractivity contribution >= 4 is 11.0 Å². The molecule has 0 aliphatic carbocycles. The summed E-state index contributed by atoms with van der Waals surface area (Å²) in [5, 5.41) is 21.1. The molecular formula is C15H13N3O. The smallest absolute Gasteiger partial charge is 0.126 e. The van der Waals surface area contributed by atoms with E-state index in [1.807, 2.05) is 30.3 Å². The molecule has 4 heteroatoms. The SMILES string of the molecule is C=CCc1c(-c2ccccc2)c(O)cc2n[nH]nc12. The lowest BCUT2D eigenvalue weighted by Gasteiger charge is -2.11. The van der Waals surface area contributed by atoms with Gasteiger partial charge < -0.3 is 5.11 Å². The van der Waals surface area contributed by atoms with Crippen molar-refractivity contribution < 1.29 is 5.11 Å². The van der Waals surface area contributed by atoms with Gasteiger partial charge in [0.15, 0.2) is 0 Å². The van der Waals surface area contributed by atoms with Gasteiger partial charge >= 0.3 is 0 Å². The highest BCUT2D eigenvalue weighted by Crippen LogP contribution is 2.36. The Balaban J connectivity index is 2.36. The van der Waals surface area contributed by atoms with E-state index in [-0.39, 0.29) is 5.75 Å². The molecule has 1 heterocycles. The average molecular weight is 251 g/mol. The van der Waals surface area contributed by atoms with Gasteiger partial charge in [0.05, 0.1) is 0 Å². The van der Waals surface area contributed by atoms with Crippen molar-refractivity contribution in [3.63, 3.8) is 0 Å². The Morgan fingerprint density at radius 3 is 2.74 bits per heavy atom. The Hall–Kier alpha value is -2.62. The molecule has 4 nitrogen and oxygen atoms in total. The highest BCUT2D eigenvalue weighted by atomic mass is 16.3. The van der Waals surface area contributed by atoms with Crippen molar-refractivity contribution in [3.8, 4) is 16.9 Å². The molecule has 0 atom stereocenters. The Labute approximate surface area is 110 Å². The van der Waals surface area contributed by atoms with Crippen LogP contribution < -0.4 is 0 Å². The molecule has 94 valence electrons. The van der Waals surface area contributed by atoms with Crippen LogP contribution >= 0.6 is 0 Å². The number of nitrogens with zero attached hydrogens (tertiary/aromatic N) is 2. The monoisotopic (exact) mass is 251 g/mol. The van der Waals surface area contributed by atoms with Gasteiger partial charge in [-0.1, -0.05) is 36.4 Å². The number of nitrogens with one attached hydrogen (secondary N) is 1. The van der Waals surface area contributed by atoms with Gasteiger partial charge in [-0.25, -0.2) is 0 Å². The third-order valence-electron chi connectivity index (χ3n) is 3.10. The summed E-state index contributed by atoms with van der Waals surface area (Å²) < 4.78 is 0. The standard InChI is InChI=1S/C15H13N3O/c1-2-6-11-14(10-7-4-3-5-8-10)13(19)9-12-15(11)17-18-16-12/h2-5,7-9,19H,1,6H2,(H,16,17,18). The number of rotatable bonds is 3. The van der Waals surface area contributed by atoms with Gasteiger partial charge in [-0.15, -0.1) is 6.58 Å². The molecule has 3 aromatic rings. The molecule has 2 aromatic carbocycles. The van der Waals surface area contributed by atoms with Crippen LogP contribution in [0.2, 0.25) is 0 Å². The first kappa shape index (κ1) is 11.5. The largest absolute Gasteiger partial charge is 0.507 e. The Morgan fingerprint density at radius 1 is 1.21 bits per heavy atom. The summed E-state index contributed by atoms with van der Waals surface area (Å²) >= 11 is 0. The summed E-state index contributed by atoms with van der Waals surface area (Å²) in [7, 11) is 0. The number of H-pyrrole nitrogens is 1. The van der Waals surface area contributed by atoms with Crippen molar-refractivity contribution in [2.75, 3.05) is 0 Å². The van der Waals surface area contributed by atoms with Crippen molar-refractivity contribution in [1.82, 2.24) is 15.4 Å². The van der Waals surface area contributed by atoms with E-state index >= 15 is 0 Å². The van der Waals surface area contributed by atoms with Crippen molar-refractivity contribution in [1.29, 1.82) is 0 Å². The number of benzene rings is 2. The van der Waals surface area contributed by atoms with E-state index in [0.717, 1.165) is 22.2 Å². The maximum atomic E-state index is 10.3. The van der Waals surface area contributed by atoms with Gasteiger partial charge in [0, 0.05) is 11.6 Å². The summed E-state index contributed by atoms with van der Waals surface area (Å²) in [6, 6.07) is 11.4. The molecular weight excluding hydrogens is 238 g/mol. The van der Waals surface area contributed by atoms with Crippen LogP contribution in [0.15, 0.2) is 49.1 Å². The Kier molecular flexibility index (Phi) is 2.76. The van der Waals surface area contributed by atoms with E-state index in [4.69, 9.17) is 0 Å². The van der Waals surface area contributed by atoms with Crippen LogP contribution in [0.3, 0.4) is 0 Å². The molecule has 0 aliphatic heterocycles. The number of aromatic nitrogens is 3. The summed E-state index contributed by atoms with van der Waals surface area (Å²) in [6.07, 6.45) is 2.43. The van der Waals surface area contributed by atoms with Crippen LogP contribution in [0.4, 0.5) is 0 Å². The zero-order chi connectivity index (χ0) is 13.2. The van der Waals surface area contributed by atoms with Crippen LogP contribution in [-0.4, -0.2) is 20.5 Å². The van der Waals surface area contributed by atoms with E-state index in [1.165, 1.54) is 0 Å². The van der Waals surface area contributed by atoms with Gasteiger partial charge in [-0.2, -0.15) is 15.4 Å². The minimum absolute atomic E-state index is 0.212. The molecule has 2 N–H and O–H groups in total. The zero-order valence-corrected chi connectivity index (χ0v) is 10.3. The van der Waals surface area contributed by atoms with Crippen molar-refractivity contribution in [2.24, 2.45) is 0 Å². The number of aromatic amines is 1. The second-order valence-corrected chi connectivity index (χ2v) is 4.30. The van der Waals surface area contributed by atoms with E-state index < -0.39 is 0 Å². The molecule has 0 fully saturated rings. The lowest BCUT2D eigenvalue weighted by atomic mass is 9.95. The van der Waals surface area contributed by atoms with Crippen LogP contribution in [0.25, 0.3) is 22.2 Å². The van der Waals surface area contributed by atoms with Gasteiger partial charge in [0.25, 0.3) is 0 Å². The fourth-order valence-electron chi connectivity index (χ4n) is 2.31. The van der Waals surface area contributed by atoms with E-state index in [1.54, 1.807) is 12.1 Å². The summed E-state index contributed by atoms with van der Waals surface area (Å²) in [6.45, 7) is 3.77. The van der Waals surface area contributed by atoms with E-state index in [0.29, 0.717) is 11.9 Å². The number of hydrogen-bond donors (Lipinski definition) is 2. The molecule has 19 heavy (non-hydrogen) atoms. The first-order chi connectivity index (χ1) is 9.31. The first-order valence-electron chi connectivity index (χ1n) is 6.03. The van der Waals surface area contributed by atoms with Crippen LogP contribution in [0.1, 0.15) is 5.56 Å². The average Bonchev–Trinajstić information content (AvgIpc) is 2.88. The normalized spacial score (nSPS) is 10.7. The highest BCUT2D eigenvalue weighted by molar-refractivity contribution is 5.90. The molecule has 0 unspecified atom stereocenters. The molecule has 0 aliphatic rings. The molecule has 1 aromatic heterocycles. The molecule has 0 saturated carbocycles. The van der Waals surface area contributed by atoms with Crippen molar-refractivity contribution in [3.05, 3.63) is 54.6 Å². The second kappa shape index (κ2) is 4.57. The van der Waals surface area contributed by atoms with Gasteiger partial charge in [-0.3, -0.25) is 0 Å². The second-order valence-electron chi connectivity index (χ2n) is 4.30. The van der Waals surface area contributed by atoms with Gasteiger partial charge in [0.1, 0.15) is 16.8 Å². The minimum Gasteiger partial charge on any atom is -0.507 e. The number of phenols is 1. The molecule has 0 radical (unpaired) electrons. The lowest BCUT2D eigenvalue weighted by Crippen LogP contribution is -1.92. The summed E-state index contributed by atoms with van der Waals surface area (Å²) in [5.74, 6) is 0.212. The number of phenolic OH excluding ortho intramolecular Hbond substituents is 1. The molecule has 0 spiro atoms. The lowest BCUT2D eigenvalue weighted by molar-refractivity contribution is 0.477. The molecule has 0 bridgehead atoms. The maximum absolute atomic E-state index is 10.3.